The van der Waals surface area contributed by atoms with Crippen LogP contribution in [0.1, 0.15) is 16.4 Å². The van der Waals surface area contributed by atoms with Crippen molar-refractivity contribution in [1.29, 1.82) is 0 Å². The monoisotopic (exact) mass is 279 g/mol. The van der Waals surface area contributed by atoms with Crippen molar-refractivity contribution in [3.8, 4) is 0 Å². The molecule has 0 unspecified atom stereocenters. The quantitative estimate of drug-likeness (QED) is 0.912. The van der Waals surface area contributed by atoms with Crippen LogP contribution in [0.4, 0.5) is 5.82 Å². The lowest BCUT2D eigenvalue weighted by molar-refractivity contribution is -0.131. The summed E-state index contributed by atoms with van der Waals surface area (Å²) < 4.78 is 1.51. The van der Waals surface area contributed by atoms with Gasteiger partial charge in [0, 0.05) is 18.5 Å². The molecule has 0 aromatic carbocycles. The van der Waals surface area contributed by atoms with Gasteiger partial charge < -0.3 is 10.6 Å². The number of nitrogens with zero attached hydrogens (tertiary/aromatic N) is 4. The maximum atomic E-state index is 12.1. The Morgan fingerprint density at radius 1 is 1.53 bits per heavy atom. The van der Waals surface area contributed by atoms with Crippen LogP contribution in [0.2, 0.25) is 0 Å². The number of hydrogen-bond acceptors (Lipinski definition) is 5. The molecule has 2 heterocycles. The number of amides is 1. The van der Waals surface area contributed by atoms with E-state index in [2.05, 4.69) is 10.1 Å². The van der Waals surface area contributed by atoms with Crippen molar-refractivity contribution < 1.29 is 4.79 Å². The predicted octanol–water partition coefficient (Wildman–Crippen LogP) is 1.20. The number of rotatable bonds is 4. The zero-order chi connectivity index (χ0) is 14.0. The van der Waals surface area contributed by atoms with Crippen LogP contribution in [-0.2, 0) is 17.9 Å². The van der Waals surface area contributed by atoms with Crippen LogP contribution in [0.3, 0.4) is 0 Å². The van der Waals surface area contributed by atoms with Crippen LogP contribution >= 0.6 is 11.3 Å². The largest absolute Gasteiger partial charge is 0.384 e. The summed E-state index contributed by atoms with van der Waals surface area (Å²) in [5.41, 5.74) is 7.48. The van der Waals surface area contributed by atoms with Crippen molar-refractivity contribution >= 4 is 23.1 Å². The standard InChI is InChI=1S/C12H17N5OS/c1-8-4-11(13)17(15-8)6-12(18)16(3)5-10-7-19-9(2)14-10/h4,7H,5-6,13H2,1-3H3. The van der Waals surface area contributed by atoms with Gasteiger partial charge in [-0.15, -0.1) is 11.3 Å². The third-order valence-corrected chi connectivity index (χ3v) is 3.53. The molecule has 7 heteroatoms. The minimum absolute atomic E-state index is 0.0412. The van der Waals surface area contributed by atoms with Gasteiger partial charge in [-0.3, -0.25) is 4.79 Å². The number of aryl methyl sites for hydroxylation is 2. The Kier molecular flexibility index (Phi) is 3.84. The maximum Gasteiger partial charge on any atom is 0.244 e. The number of likely N-dealkylation sites (N-methyl/N-ethyl adjacent to an activating group) is 1. The zero-order valence-electron chi connectivity index (χ0n) is 11.3. The van der Waals surface area contributed by atoms with E-state index in [0.717, 1.165) is 16.4 Å². The highest BCUT2D eigenvalue weighted by atomic mass is 32.1. The molecule has 0 fully saturated rings. The molecule has 2 N–H and O–H groups in total. The van der Waals surface area contributed by atoms with Crippen molar-refractivity contribution in [2.45, 2.75) is 26.9 Å². The molecule has 102 valence electrons. The molecule has 1 amide bonds. The molecule has 19 heavy (non-hydrogen) atoms. The lowest BCUT2D eigenvalue weighted by Crippen LogP contribution is -2.30. The fourth-order valence-corrected chi connectivity index (χ4v) is 2.36. The van der Waals surface area contributed by atoms with Gasteiger partial charge >= 0.3 is 0 Å². The highest BCUT2D eigenvalue weighted by Crippen LogP contribution is 2.11. The van der Waals surface area contributed by atoms with Crippen molar-refractivity contribution in [2.75, 3.05) is 12.8 Å². The van der Waals surface area contributed by atoms with E-state index in [1.54, 1.807) is 29.4 Å². The summed E-state index contributed by atoms with van der Waals surface area (Å²) in [5.74, 6) is 0.462. The molecular formula is C12H17N5OS. The number of carbonyl (C=O) groups is 1. The summed E-state index contributed by atoms with van der Waals surface area (Å²) in [4.78, 5) is 18.0. The number of thiazole rings is 1. The first-order chi connectivity index (χ1) is 8.95. The van der Waals surface area contributed by atoms with Crippen molar-refractivity contribution in [1.82, 2.24) is 19.7 Å². The van der Waals surface area contributed by atoms with Crippen LogP contribution in [0.15, 0.2) is 11.4 Å². The first kappa shape index (κ1) is 13.5. The zero-order valence-corrected chi connectivity index (χ0v) is 12.1. The topological polar surface area (TPSA) is 77.0 Å². The number of nitrogen functional groups attached to an aromatic ring is 1. The number of nitrogens with two attached hydrogens (primary N) is 1. The first-order valence-electron chi connectivity index (χ1n) is 5.90. The summed E-state index contributed by atoms with van der Waals surface area (Å²) >= 11 is 1.58. The van der Waals surface area contributed by atoms with Crippen molar-refractivity contribution in [3.63, 3.8) is 0 Å². The van der Waals surface area contributed by atoms with Crippen LogP contribution in [0.25, 0.3) is 0 Å². The second-order valence-electron chi connectivity index (χ2n) is 4.48. The van der Waals surface area contributed by atoms with E-state index in [1.165, 1.54) is 4.68 Å². The van der Waals surface area contributed by atoms with Gasteiger partial charge in [-0.2, -0.15) is 5.10 Å². The van der Waals surface area contributed by atoms with Crippen LogP contribution in [0, 0.1) is 13.8 Å². The van der Waals surface area contributed by atoms with Gasteiger partial charge in [-0.1, -0.05) is 0 Å². The third kappa shape index (κ3) is 3.31. The fourth-order valence-electron chi connectivity index (χ4n) is 1.75. The van der Waals surface area contributed by atoms with Crippen molar-refractivity contribution in [3.05, 3.63) is 27.8 Å². The fraction of sp³-hybridized carbons (Fsp3) is 0.417. The first-order valence-corrected chi connectivity index (χ1v) is 6.78. The van der Waals surface area contributed by atoms with Crippen molar-refractivity contribution in [2.24, 2.45) is 0 Å². The second kappa shape index (κ2) is 5.40. The molecule has 0 saturated heterocycles. The Bertz CT molecular complexity index is 589. The van der Waals surface area contributed by atoms with E-state index in [1.807, 2.05) is 19.2 Å². The van der Waals surface area contributed by atoms with E-state index in [9.17, 15) is 4.79 Å². The molecule has 2 rings (SSSR count). The number of aromatic nitrogens is 3. The van der Waals surface area contributed by atoms with E-state index in [0.29, 0.717) is 12.4 Å². The molecule has 0 aliphatic rings. The average molecular weight is 279 g/mol. The van der Waals surface area contributed by atoms with Gasteiger partial charge in [0.2, 0.25) is 5.91 Å². The lowest BCUT2D eigenvalue weighted by atomic mass is 10.4. The Morgan fingerprint density at radius 2 is 2.26 bits per heavy atom. The molecule has 6 nitrogen and oxygen atoms in total. The van der Waals surface area contributed by atoms with Gasteiger partial charge in [-0.05, 0) is 13.8 Å². The van der Waals surface area contributed by atoms with E-state index in [4.69, 9.17) is 5.73 Å². The van der Waals surface area contributed by atoms with E-state index < -0.39 is 0 Å². The molecule has 2 aromatic heterocycles. The highest BCUT2D eigenvalue weighted by Gasteiger charge is 2.13. The lowest BCUT2D eigenvalue weighted by Gasteiger charge is -2.16. The SMILES string of the molecule is Cc1cc(N)n(CC(=O)N(C)Cc2csc(C)n2)n1. The summed E-state index contributed by atoms with van der Waals surface area (Å²) in [5, 5.41) is 7.14. The Balaban J connectivity index is 1.97. The van der Waals surface area contributed by atoms with Gasteiger partial charge in [0.05, 0.1) is 22.9 Å². The average Bonchev–Trinajstić information content (AvgIpc) is 2.85. The third-order valence-electron chi connectivity index (χ3n) is 2.71. The molecule has 0 saturated carbocycles. The van der Waals surface area contributed by atoms with E-state index >= 15 is 0 Å². The molecule has 0 bridgehead atoms. The Labute approximate surface area is 115 Å². The predicted molar refractivity (Wildman–Crippen MR) is 74.7 cm³/mol. The molecular weight excluding hydrogens is 262 g/mol. The van der Waals surface area contributed by atoms with Gasteiger partial charge in [0.15, 0.2) is 0 Å². The summed E-state index contributed by atoms with van der Waals surface area (Å²) in [7, 11) is 1.75. The smallest absolute Gasteiger partial charge is 0.244 e. The molecule has 0 spiro atoms. The molecule has 0 atom stereocenters. The van der Waals surface area contributed by atoms with E-state index in [-0.39, 0.29) is 12.5 Å². The molecule has 0 aliphatic carbocycles. The minimum atomic E-state index is -0.0412. The number of anilines is 1. The van der Waals surface area contributed by atoms with Gasteiger partial charge in [0.25, 0.3) is 0 Å². The van der Waals surface area contributed by atoms with Gasteiger partial charge in [0.1, 0.15) is 12.4 Å². The van der Waals surface area contributed by atoms with Crippen LogP contribution < -0.4 is 5.73 Å². The number of hydrogen-bond donors (Lipinski definition) is 1. The Morgan fingerprint density at radius 3 is 2.79 bits per heavy atom. The molecule has 2 aromatic rings. The Hall–Kier alpha value is -1.89. The maximum absolute atomic E-state index is 12.1. The normalized spacial score (nSPS) is 10.7. The summed E-state index contributed by atoms with van der Waals surface area (Å²) in [6, 6.07) is 1.75. The highest BCUT2D eigenvalue weighted by molar-refractivity contribution is 7.09. The molecule has 0 radical (unpaired) electrons. The second-order valence-corrected chi connectivity index (χ2v) is 5.54. The summed E-state index contributed by atoms with van der Waals surface area (Å²) in [6.45, 7) is 4.45. The molecule has 0 aliphatic heterocycles. The van der Waals surface area contributed by atoms with Gasteiger partial charge in [-0.25, -0.2) is 9.67 Å². The van der Waals surface area contributed by atoms with Crippen LogP contribution in [-0.4, -0.2) is 32.6 Å². The number of carbonyl (C=O) groups excluding carboxylic acids is 1. The summed E-state index contributed by atoms with van der Waals surface area (Å²) in [6.07, 6.45) is 0. The van der Waals surface area contributed by atoms with Crippen LogP contribution in [0.5, 0.6) is 0 Å². The minimum Gasteiger partial charge on any atom is -0.384 e.